The van der Waals surface area contributed by atoms with Gasteiger partial charge in [-0.3, -0.25) is 9.59 Å². The number of carbonyl (C=O) groups excluding carboxylic acids is 1. The Labute approximate surface area is 122 Å². The summed E-state index contributed by atoms with van der Waals surface area (Å²) in [6.07, 6.45) is 1.61. The summed E-state index contributed by atoms with van der Waals surface area (Å²) in [5, 5.41) is 11.7. The molecule has 1 amide bonds. The Hall–Kier alpha value is -2.69. The van der Waals surface area contributed by atoms with Crippen molar-refractivity contribution < 1.29 is 14.7 Å². The van der Waals surface area contributed by atoms with E-state index in [2.05, 4.69) is 10.3 Å². The number of aromatic nitrogens is 1. The average molecular weight is 284 g/mol. The monoisotopic (exact) mass is 284 g/mol. The first kappa shape index (κ1) is 14.7. The molecule has 21 heavy (non-hydrogen) atoms. The molecule has 0 aliphatic rings. The van der Waals surface area contributed by atoms with E-state index in [0.717, 1.165) is 5.56 Å². The van der Waals surface area contributed by atoms with Crippen LogP contribution in [0, 0.1) is 0 Å². The fourth-order valence-electron chi connectivity index (χ4n) is 2.10. The molecule has 0 spiro atoms. The van der Waals surface area contributed by atoms with Crippen molar-refractivity contribution in [1.29, 1.82) is 0 Å². The molecule has 0 radical (unpaired) electrons. The van der Waals surface area contributed by atoms with Crippen LogP contribution < -0.4 is 5.32 Å². The maximum absolute atomic E-state index is 12.0. The van der Waals surface area contributed by atoms with Crippen molar-refractivity contribution in [2.24, 2.45) is 0 Å². The number of aliphatic carboxylic acids is 1. The number of nitrogens with one attached hydrogen (secondary N) is 1. The highest BCUT2D eigenvalue weighted by Gasteiger charge is 2.19. The Balaban J connectivity index is 2.05. The number of amides is 1. The first-order valence-electron chi connectivity index (χ1n) is 6.63. The van der Waals surface area contributed by atoms with Gasteiger partial charge in [-0.15, -0.1) is 0 Å². The van der Waals surface area contributed by atoms with E-state index in [9.17, 15) is 9.59 Å². The van der Waals surface area contributed by atoms with Crippen LogP contribution in [0.5, 0.6) is 0 Å². The third kappa shape index (κ3) is 4.72. The molecule has 0 aliphatic heterocycles. The smallest absolute Gasteiger partial charge is 0.303 e. The number of carbonyl (C=O) groups is 2. The van der Waals surface area contributed by atoms with Gasteiger partial charge in [-0.2, -0.15) is 0 Å². The van der Waals surface area contributed by atoms with E-state index >= 15 is 0 Å². The van der Waals surface area contributed by atoms with E-state index in [-0.39, 0.29) is 24.7 Å². The van der Waals surface area contributed by atoms with Gasteiger partial charge in [0, 0.05) is 18.5 Å². The fourth-order valence-corrected chi connectivity index (χ4v) is 2.10. The van der Waals surface area contributed by atoms with Crippen LogP contribution in [0.15, 0.2) is 54.7 Å². The fraction of sp³-hybridized carbons (Fsp3) is 0.188. The summed E-state index contributed by atoms with van der Waals surface area (Å²) in [7, 11) is 0. The Morgan fingerprint density at radius 2 is 1.76 bits per heavy atom. The molecule has 1 aromatic heterocycles. The van der Waals surface area contributed by atoms with Crippen LogP contribution >= 0.6 is 0 Å². The van der Waals surface area contributed by atoms with E-state index < -0.39 is 5.97 Å². The summed E-state index contributed by atoms with van der Waals surface area (Å²) in [6, 6.07) is 14.4. The van der Waals surface area contributed by atoms with Crippen LogP contribution in [0.3, 0.4) is 0 Å². The largest absolute Gasteiger partial charge is 0.481 e. The molecule has 5 heteroatoms. The minimum atomic E-state index is -0.922. The molecule has 0 bridgehead atoms. The Kier molecular flexibility index (Phi) is 5.04. The standard InChI is InChI=1S/C16H16N2O3/c19-15(18-14-8-4-5-9-17-14)10-13(11-16(20)21)12-6-2-1-3-7-12/h1-9,13H,10-11H2,(H,20,21)(H,17,18,19). The lowest BCUT2D eigenvalue weighted by atomic mass is 9.92. The Bertz CT molecular complexity index is 599. The lowest BCUT2D eigenvalue weighted by Gasteiger charge is -2.15. The number of anilines is 1. The minimum Gasteiger partial charge on any atom is -0.481 e. The molecule has 0 fully saturated rings. The van der Waals surface area contributed by atoms with Crippen molar-refractivity contribution in [3.05, 3.63) is 60.3 Å². The molecule has 5 nitrogen and oxygen atoms in total. The Morgan fingerprint density at radius 3 is 2.38 bits per heavy atom. The molecule has 1 heterocycles. The van der Waals surface area contributed by atoms with Crippen molar-refractivity contribution in [2.45, 2.75) is 18.8 Å². The van der Waals surface area contributed by atoms with Gasteiger partial charge < -0.3 is 10.4 Å². The van der Waals surface area contributed by atoms with Crippen molar-refractivity contribution in [1.82, 2.24) is 4.98 Å². The van der Waals surface area contributed by atoms with E-state index in [0.29, 0.717) is 5.82 Å². The third-order valence-corrected chi connectivity index (χ3v) is 3.06. The van der Waals surface area contributed by atoms with E-state index in [1.54, 1.807) is 24.4 Å². The Morgan fingerprint density at radius 1 is 1.05 bits per heavy atom. The molecular formula is C16H16N2O3. The number of carboxylic acid groups (broad SMARTS) is 1. The quantitative estimate of drug-likeness (QED) is 0.854. The van der Waals surface area contributed by atoms with E-state index in [4.69, 9.17) is 5.11 Å². The van der Waals surface area contributed by atoms with Gasteiger partial charge in [0.05, 0.1) is 6.42 Å². The maximum atomic E-state index is 12.0. The van der Waals surface area contributed by atoms with Crippen LogP contribution in [0.1, 0.15) is 24.3 Å². The van der Waals surface area contributed by atoms with Gasteiger partial charge in [0.25, 0.3) is 0 Å². The number of nitrogens with zero attached hydrogens (tertiary/aromatic N) is 1. The molecule has 1 atom stereocenters. The maximum Gasteiger partial charge on any atom is 0.303 e. The van der Waals surface area contributed by atoms with Gasteiger partial charge in [0.1, 0.15) is 5.82 Å². The molecule has 2 rings (SSSR count). The summed E-state index contributed by atoms with van der Waals surface area (Å²) in [5.41, 5.74) is 0.844. The number of carboxylic acids is 1. The zero-order valence-corrected chi connectivity index (χ0v) is 11.4. The lowest BCUT2D eigenvalue weighted by molar-refractivity contribution is -0.137. The highest BCUT2D eigenvalue weighted by atomic mass is 16.4. The van der Waals surface area contributed by atoms with Gasteiger partial charge in [0.2, 0.25) is 5.91 Å². The first-order chi connectivity index (χ1) is 10.1. The highest BCUT2D eigenvalue weighted by Crippen LogP contribution is 2.23. The van der Waals surface area contributed by atoms with Crippen molar-refractivity contribution in [2.75, 3.05) is 5.32 Å². The summed E-state index contributed by atoms with van der Waals surface area (Å²) in [4.78, 5) is 27.0. The van der Waals surface area contributed by atoms with E-state index in [1.165, 1.54) is 0 Å². The molecule has 108 valence electrons. The van der Waals surface area contributed by atoms with Crippen LogP contribution in [0.4, 0.5) is 5.82 Å². The average Bonchev–Trinajstić information content (AvgIpc) is 2.48. The SMILES string of the molecule is O=C(O)CC(CC(=O)Nc1ccccn1)c1ccccc1. The van der Waals surface area contributed by atoms with Gasteiger partial charge in [-0.25, -0.2) is 4.98 Å². The van der Waals surface area contributed by atoms with E-state index in [1.807, 2.05) is 30.3 Å². The predicted molar refractivity (Wildman–Crippen MR) is 78.9 cm³/mol. The van der Waals surface area contributed by atoms with Crippen LogP contribution in [0.25, 0.3) is 0 Å². The molecule has 0 aliphatic carbocycles. The normalized spacial score (nSPS) is 11.6. The van der Waals surface area contributed by atoms with Crippen LogP contribution in [0.2, 0.25) is 0 Å². The van der Waals surface area contributed by atoms with Gasteiger partial charge in [0.15, 0.2) is 0 Å². The number of rotatable bonds is 6. The number of pyridine rings is 1. The molecular weight excluding hydrogens is 268 g/mol. The molecule has 1 aromatic carbocycles. The second-order valence-electron chi connectivity index (χ2n) is 4.67. The van der Waals surface area contributed by atoms with Gasteiger partial charge in [-0.1, -0.05) is 36.4 Å². The second-order valence-corrected chi connectivity index (χ2v) is 4.67. The summed E-state index contributed by atoms with van der Waals surface area (Å²) >= 11 is 0. The number of hydrogen-bond acceptors (Lipinski definition) is 3. The zero-order valence-electron chi connectivity index (χ0n) is 11.4. The lowest BCUT2D eigenvalue weighted by Crippen LogP contribution is -2.18. The van der Waals surface area contributed by atoms with Crippen molar-refractivity contribution in [3.8, 4) is 0 Å². The number of benzene rings is 1. The van der Waals surface area contributed by atoms with Crippen LogP contribution in [-0.4, -0.2) is 22.0 Å². The molecule has 0 saturated carbocycles. The molecule has 0 saturated heterocycles. The zero-order chi connectivity index (χ0) is 15.1. The molecule has 2 aromatic rings. The highest BCUT2D eigenvalue weighted by molar-refractivity contribution is 5.90. The number of hydrogen-bond donors (Lipinski definition) is 2. The first-order valence-corrected chi connectivity index (χ1v) is 6.63. The summed E-state index contributed by atoms with van der Waals surface area (Å²) in [5.74, 6) is -1.06. The third-order valence-electron chi connectivity index (χ3n) is 3.06. The second kappa shape index (κ2) is 7.19. The topological polar surface area (TPSA) is 79.3 Å². The predicted octanol–water partition coefficient (Wildman–Crippen LogP) is 2.67. The summed E-state index contributed by atoms with van der Waals surface area (Å²) < 4.78 is 0. The minimum absolute atomic E-state index is 0.0837. The van der Waals surface area contributed by atoms with Gasteiger partial charge in [-0.05, 0) is 17.7 Å². The van der Waals surface area contributed by atoms with Crippen molar-refractivity contribution in [3.63, 3.8) is 0 Å². The molecule has 1 unspecified atom stereocenters. The summed E-state index contributed by atoms with van der Waals surface area (Å²) in [6.45, 7) is 0. The van der Waals surface area contributed by atoms with Crippen molar-refractivity contribution >= 4 is 17.7 Å². The van der Waals surface area contributed by atoms with Crippen LogP contribution in [-0.2, 0) is 9.59 Å². The van der Waals surface area contributed by atoms with Gasteiger partial charge >= 0.3 is 5.97 Å². The molecule has 2 N–H and O–H groups in total.